The second-order valence-corrected chi connectivity index (χ2v) is 4.14. The number of esters is 1. The number of hydrogen-bond donors (Lipinski definition) is 2. The summed E-state index contributed by atoms with van der Waals surface area (Å²) in [5.74, 6) is -0.183. The van der Waals surface area contributed by atoms with E-state index in [0.717, 1.165) is 16.6 Å². The first-order chi connectivity index (χ1) is 8.74. The average Bonchev–Trinajstić information content (AvgIpc) is 2.86. The summed E-state index contributed by atoms with van der Waals surface area (Å²) in [4.78, 5) is 18.4. The number of carbonyl (C=O) groups is 1. The summed E-state index contributed by atoms with van der Waals surface area (Å²) in [6, 6.07) is 6.20. The Morgan fingerprint density at radius 3 is 3.11 bits per heavy atom. The minimum absolute atomic E-state index is 0.136. The maximum absolute atomic E-state index is 11.2. The monoisotopic (exact) mass is 247 g/mol. The van der Waals surface area contributed by atoms with E-state index < -0.39 is 0 Å². The third-order valence-corrected chi connectivity index (χ3v) is 3.06. The molecule has 0 amide bonds. The topological polar surface area (TPSA) is 67.0 Å². The van der Waals surface area contributed by atoms with Gasteiger partial charge < -0.3 is 15.0 Å². The van der Waals surface area contributed by atoms with E-state index >= 15 is 0 Å². The number of methoxy groups -OCH3 is 1. The summed E-state index contributed by atoms with van der Waals surface area (Å²) < 4.78 is 4.66. The van der Waals surface area contributed by atoms with Crippen LogP contribution in [0.2, 0.25) is 0 Å². The first kappa shape index (κ1) is 12.6. The van der Waals surface area contributed by atoms with Crippen LogP contribution in [-0.4, -0.2) is 30.1 Å². The summed E-state index contributed by atoms with van der Waals surface area (Å²) >= 11 is 0. The van der Waals surface area contributed by atoms with Gasteiger partial charge in [0.05, 0.1) is 24.5 Å². The summed E-state index contributed by atoms with van der Waals surface area (Å²) in [5.41, 5.74) is 3.09. The van der Waals surface area contributed by atoms with Gasteiger partial charge in [-0.05, 0) is 31.2 Å². The lowest BCUT2D eigenvalue weighted by molar-refractivity contribution is -0.140. The maximum atomic E-state index is 11.2. The molecule has 18 heavy (non-hydrogen) atoms. The summed E-state index contributed by atoms with van der Waals surface area (Å²) in [6.45, 7) is 0. The summed E-state index contributed by atoms with van der Waals surface area (Å²) in [7, 11) is 3.30. The van der Waals surface area contributed by atoms with Crippen LogP contribution in [0, 0.1) is 0 Å². The van der Waals surface area contributed by atoms with Crippen molar-refractivity contribution in [2.75, 3.05) is 14.2 Å². The standard InChI is InChI=1S/C13H17N3O2/c1-14-10(5-6-13(17)18-2)9-3-4-11-12(7-9)16-8-15-11/h3-4,7-8,10,14H,5-6H2,1-2H3,(H,15,16). The van der Waals surface area contributed by atoms with Crippen LogP contribution in [0.25, 0.3) is 11.0 Å². The predicted molar refractivity (Wildman–Crippen MR) is 69.1 cm³/mol. The number of rotatable bonds is 5. The van der Waals surface area contributed by atoms with Crippen molar-refractivity contribution in [1.82, 2.24) is 15.3 Å². The predicted octanol–water partition coefficient (Wildman–Crippen LogP) is 1.78. The highest BCUT2D eigenvalue weighted by Gasteiger charge is 2.12. The van der Waals surface area contributed by atoms with Crippen LogP contribution in [0.3, 0.4) is 0 Å². The first-order valence-electron chi connectivity index (χ1n) is 5.91. The second kappa shape index (κ2) is 5.64. The smallest absolute Gasteiger partial charge is 0.305 e. The molecule has 2 aromatic rings. The molecule has 0 spiro atoms. The molecule has 0 saturated carbocycles. The highest BCUT2D eigenvalue weighted by Crippen LogP contribution is 2.21. The number of ether oxygens (including phenoxy) is 1. The summed E-state index contributed by atoms with van der Waals surface area (Å²) in [6.07, 6.45) is 2.79. The van der Waals surface area contributed by atoms with Crippen molar-refractivity contribution in [3.05, 3.63) is 30.1 Å². The zero-order chi connectivity index (χ0) is 13.0. The number of fused-ring (bicyclic) bond motifs is 1. The number of carbonyl (C=O) groups excluding carboxylic acids is 1. The lowest BCUT2D eigenvalue weighted by atomic mass is 10.0. The fourth-order valence-corrected chi connectivity index (χ4v) is 2.01. The number of aromatic nitrogens is 2. The fraction of sp³-hybridized carbons (Fsp3) is 0.385. The van der Waals surface area contributed by atoms with Crippen molar-refractivity contribution in [2.45, 2.75) is 18.9 Å². The minimum atomic E-state index is -0.183. The van der Waals surface area contributed by atoms with E-state index in [2.05, 4.69) is 26.1 Å². The summed E-state index contributed by atoms with van der Waals surface area (Å²) in [5, 5.41) is 3.21. The van der Waals surface area contributed by atoms with Crippen LogP contribution in [-0.2, 0) is 9.53 Å². The molecule has 96 valence electrons. The van der Waals surface area contributed by atoms with Crippen LogP contribution >= 0.6 is 0 Å². The van der Waals surface area contributed by atoms with Crippen molar-refractivity contribution < 1.29 is 9.53 Å². The van der Waals surface area contributed by atoms with Gasteiger partial charge in [0.2, 0.25) is 0 Å². The molecule has 0 aliphatic heterocycles. The van der Waals surface area contributed by atoms with Crippen molar-refractivity contribution in [3.63, 3.8) is 0 Å². The maximum Gasteiger partial charge on any atom is 0.305 e. The molecule has 2 rings (SSSR count). The van der Waals surface area contributed by atoms with Crippen molar-refractivity contribution in [2.24, 2.45) is 0 Å². The van der Waals surface area contributed by atoms with Gasteiger partial charge in [-0.3, -0.25) is 4.79 Å². The molecule has 2 N–H and O–H groups in total. The van der Waals surface area contributed by atoms with E-state index in [4.69, 9.17) is 0 Å². The number of nitrogens with one attached hydrogen (secondary N) is 2. The van der Waals surface area contributed by atoms with Gasteiger partial charge in [0.15, 0.2) is 0 Å². The van der Waals surface area contributed by atoms with Gasteiger partial charge in [-0.15, -0.1) is 0 Å². The SMILES string of the molecule is CNC(CCC(=O)OC)c1ccc2nc[nH]c2c1. The van der Waals surface area contributed by atoms with E-state index in [0.29, 0.717) is 12.8 Å². The highest BCUT2D eigenvalue weighted by atomic mass is 16.5. The van der Waals surface area contributed by atoms with E-state index in [9.17, 15) is 4.79 Å². The second-order valence-electron chi connectivity index (χ2n) is 4.14. The Labute approximate surface area is 106 Å². The Hall–Kier alpha value is -1.88. The normalized spacial score (nSPS) is 12.6. The van der Waals surface area contributed by atoms with Crippen molar-refractivity contribution in [1.29, 1.82) is 0 Å². The molecule has 0 radical (unpaired) electrons. The number of imidazole rings is 1. The van der Waals surface area contributed by atoms with Crippen molar-refractivity contribution in [3.8, 4) is 0 Å². The fourth-order valence-electron chi connectivity index (χ4n) is 2.01. The zero-order valence-electron chi connectivity index (χ0n) is 10.6. The number of H-pyrrole nitrogens is 1. The lowest BCUT2D eigenvalue weighted by Gasteiger charge is -2.15. The quantitative estimate of drug-likeness (QED) is 0.790. The Balaban J connectivity index is 2.13. The van der Waals surface area contributed by atoms with E-state index in [-0.39, 0.29) is 12.0 Å². The average molecular weight is 247 g/mol. The Morgan fingerprint density at radius 1 is 1.56 bits per heavy atom. The largest absolute Gasteiger partial charge is 0.469 e. The van der Waals surface area contributed by atoms with Gasteiger partial charge >= 0.3 is 5.97 Å². The number of benzene rings is 1. The van der Waals surface area contributed by atoms with Gasteiger partial charge in [-0.1, -0.05) is 6.07 Å². The van der Waals surface area contributed by atoms with Crippen LogP contribution in [0.5, 0.6) is 0 Å². The molecule has 5 nitrogen and oxygen atoms in total. The molecule has 0 aliphatic carbocycles. The molecule has 1 aromatic heterocycles. The molecule has 5 heteroatoms. The van der Waals surface area contributed by atoms with E-state index in [1.165, 1.54) is 7.11 Å². The van der Waals surface area contributed by atoms with Crippen LogP contribution in [0.1, 0.15) is 24.4 Å². The third kappa shape index (κ3) is 2.68. The molecule has 1 heterocycles. The Bertz CT molecular complexity index is 536. The Morgan fingerprint density at radius 2 is 2.39 bits per heavy atom. The molecule has 0 fully saturated rings. The zero-order valence-corrected chi connectivity index (χ0v) is 10.6. The van der Waals surface area contributed by atoms with Gasteiger partial charge in [0, 0.05) is 12.5 Å². The van der Waals surface area contributed by atoms with E-state index in [1.807, 2.05) is 19.2 Å². The van der Waals surface area contributed by atoms with Crippen LogP contribution < -0.4 is 5.32 Å². The van der Waals surface area contributed by atoms with Crippen LogP contribution in [0.4, 0.5) is 0 Å². The molecular weight excluding hydrogens is 230 g/mol. The molecule has 0 bridgehead atoms. The molecule has 1 atom stereocenters. The van der Waals surface area contributed by atoms with Crippen LogP contribution in [0.15, 0.2) is 24.5 Å². The Kier molecular flexibility index (Phi) is 3.94. The highest BCUT2D eigenvalue weighted by molar-refractivity contribution is 5.75. The van der Waals surface area contributed by atoms with E-state index in [1.54, 1.807) is 6.33 Å². The molecule has 0 saturated heterocycles. The van der Waals surface area contributed by atoms with Gasteiger partial charge in [-0.2, -0.15) is 0 Å². The first-order valence-corrected chi connectivity index (χ1v) is 5.91. The van der Waals surface area contributed by atoms with Crippen molar-refractivity contribution >= 4 is 17.0 Å². The number of aromatic amines is 1. The molecule has 1 unspecified atom stereocenters. The van der Waals surface area contributed by atoms with Gasteiger partial charge in [0.1, 0.15) is 0 Å². The number of nitrogens with zero attached hydrogens (tertiary/aromatic N) is 1. The van der Waals surface area contributed by atoms with Gasteiger partial charge in [-0.25, -0.2) is 4.98 Å². The van der Waals surface area contributed by atoms with Gasteiger partial charge in [0.25, 0.3) is 0 Å². The molecular formula is C13H17N3O2. The molecule has 0 aliphatic rings. The lowest BCUT2D eigenvalue weighted by Crippen LogP contribution is -2.18. The third-order valence-electron chi connectivity index (χ3n) is 3.06. The minimum Gasteiger partial charge on any atom is -0.469 e. The number of hydrogen-bond acceptors (Lipinski definition) is 4. The molecule has 1 aromatic carbocycles.